The zero-order chi connectivity index (χ0) is 27.7. The number of rotatable bonds is 8. The van der Waals surface area contributed by atoms with Crippen LogP contribution in [0.1, 0.15) is 68.2 Å². The van der Waals surface area contributed by atoms with Gasteiger partial charge in [-0.2, -0.15) is 0 Å². The molecular weight excluding hydrogens is 508 g/mol. The largest absolute Gasteiger partial charge is 0.444 e. The van der Waals surface area contributed by atoms with Crippen LogP contribution in [0, 0.1) is 6.92 Å². The van der Waals surface area contributed by atoms with Crippen LogP contribution in [0.3, 0.4) is 0 Å². The smallest absolute Gasteiger partial charge is 0.407 e. The fourth-order valence-corrected chi connectivity index (χ4v) is 4.64. The number of carbonyl (C=O) groups excluding carboxylic acids is 3. The summed E-state index contributed by atoms with van der Waals surface area (Å²) in [6.07, 6.45) is 5.95. The summed E-state index contributed by atoms with van der Waals surface area (Å²) >= 11 is 0. The van der Waals surface area contributed by atoms with Crippen molar-refractivity contribution in [1.29, 1.82) is 0 Å². The molecule has 0 radical (unpaired) electrons. The molecule has 1 aromatic carbocycles. The zero-order valence-corrected chi connectivity index (χ0v) is 23.0. The number of ether oxygens (including phenoxy) is 1. The van der Waals surface area contributed by atoms with Gasteiger partial charge in [0.15, 0.2) is 11.0 Å². The number of hydrogen-bond acceptors (Lipinski definition) is 7. The van der Waals surface area contributed by atoms with E-state index in [-0.39, 0.29) is 23.7 Å². The average Bonchev–Trinajstić information content (AvgIpc) is 2.84. The Morgan fingerprint density at radius 2 is 1.61 bits per heavy atom. The number of alkyl carbamates (subject to hydrolysis) is 1. The van der Waals surface area contributed by atoms with Crippen molar-refractivity contribution in [3.63, 3.8) is 0 Å². The third-order valence-electron chi connectivity index (χ3n) is 5.82. The Bertz CT molecular complexity index is 1130. The topological polar surface area (TPSA) is 151 Å². The summed E-state index contributed by atoms with van der Waals surface area (Å²) in [5.41, 5.74) is 1.40. The van der Waals surface area contributed by atoms with E-state index in [1.807, 2.05) is 32.9 Å². The molecular formula is C26H36N6O5S. The molecule has 1 unspecified atom stereocenters. The molecule has 12 heteroatoms. The number of benzene rings is 1. The predicted molar refractivity (Wildman–Crippen MR) is 143 cm³/mol. The molecule has 4 N–H and O–H groups in total. The average molecular weight is 545 g/mol. The van der Waals surface area contributed by atoms with Crippen molar-refractivity contribution in [2.45, 2.75) is 82.4 Å². The fraction of sp³-hybridized carbons (Fsp3) is 0.500. The SMILES string of the molecule is Cc1cnc(C(=O)NCCc2ccc(S(=O)NC(=O)NC3CCC(NC(=O)OC(C)(C)C)CC3)cc2)cn1. The molecule has 1 aromatic heterocycles. The van der Waals surface area contributed by atoms with Crippen molar-refractivity contribution < 1.29 is 23.3 Å². The molecule has 1 saturated carbocycles. The van der Waals surface area contributed by atoms with Crippen molar-refractivity contribution in [1.82, 2.24) is 30.6 Å². The monoisotopic (exact) mass is 544 g/mol. The minimum Gasteiger partial charge on any atom is -0.444 e. The molecule has 0 saturated heterocycles. The van der Waals surface area contributed by atoms with E-state index in [0.717, 1.165) is 11.3 Å². The third kappa shape index (κ3) is 9.73. The van der Waals surface area contributed by atoms with Gasteiger partial charge in [0.05, 0.1) is 16.8 Å². The summed E-state index contributed by atoms with van der Waals surface area (Å²) < 4.78 is 20.4. The van der Waals surface area contributed by atoms with Crippen molar-refractivity contribution >= 4 is 29.0 Å². The number of carbonyl (C=O) groups is 3. The van der Waals surface area contributed by atoms with Gasteiger partial charge < -0.3 is 20.7 Å². The molecule has 2 aromatic rings. The Morgan fingerprint density at radius 3 is 2.18 bits per heavy atom. The number of amides is 4. The first-order valence-electron chi connectivity index (χ1n) is 12.6. The second-order valence-corrected chi connectivity index (χ2v) is 11.4. The summed E-state index contributed by atoms with van der Waals surface area (Å²) in [7, 11) is -1.71. The van der Waals surface area contributed by atoms with Gasteiger partial charge in [0.1, 0.15) is 11.3 Å². The second kappa shape index (κ2) is 13.3. The van der Waals surface area contributed by atoms with Gasteiger partial charge in [0.2, 0.25) is 0 Å². The van der Waals surface area contributed by atoms with E-state index in [9.17, 15) is 18.6 Å². The number of nitrogens with one attached hydrogen (secondary N) is 4. The van der Waals surface area contributed by atoms with Gasteiger partial charge in [-0.1, -0.05) is 12.1 Å². The molecule has 206 valence electrons. The van der Waals surface area contributed by atoms with Crippen LogP contribution in [0.25, 0.3) is 0 Å². The van der Waals surface area contributed by atoms with E-state index in [4.69, 9.17) is 4.74 Å². The molecule has 4 amide bonds. The minimum absolute atomic E-state index is 0.00297. The van der Waals surface area contributed by atoms with Crippen LogP contribution >= 0.6 is 0 Å². The quantitative estimate of drug-likeness (QED) is 0.399. The zero-order valence-electron chi connectivity index (χ0n) is 22.2. The van der Waals surface area contributed by atoms with E-state index in [0.29, 0.717) is 43.5 Å². The van der Waals surface area contributed by atoms with E-state index in [1.54, 1.807) is 25.3 Å². The van der Waals surface area contributed by atoms with Crippen LogP contribution in [-0.2, 0) is 22.1 Å². The summed E-state index contributed by atoms with van der Waals surface area (Å²) in [5.74, 6) is -0.293. The highest BCUT2D eigenvalue weighted by Crippen LogP contribution is 2.19. The lowest BCUT2D eigenvalue weighted by Crippen LogP contribution is -2.47. The van der Waals surface area contributed by atoms with Gasteiger partial charge in [0.25, 0.3) is 5.91 Å². The second-order valence-electron chi connectivity index (χ2n) is 10.2. The van der Waals surface area contributed by atoms with Crippen LogP contribution in [0.5, 0.6) is 0 Å². The Morgan fingerprint density at radius 1 is 0.974 bits per heavy atom. The Balaban J connectivity index is 1.36. The van der Waals surface area contributed by atoms with Crippen LogP contribution in [0.15, 0.2) is 41.6 Å². The summed E-state index contributed by atoms with van der Waals surface area (Å²) in [6, 6.07) is 6.43. The Hall–Kier alpha value is -3.54. The summed E-state index contributed by atoms with van der Waals surface area (Å²) in [4.78, 5) is 45.0. The predicted octanol–water partition coefficient (Wildman–Crippen LogP) is 2.92. The maximum Gasteiger partial charge on any atom is 0.407 e. The molecule has 0 spiro atoms. The van der Waals surface area contributed by atoms with Gasteiger partial charge in [-0.3, -0.25) is 14.5 Å². The fourth-order valence-electron chi connectivity index (χ4n) is 3.91. The van der Waals surface area contributed by atoms with Crippen molar-refractivity contribution in [2.75, 3.05) is 6.54 Å². The van der Waals surface area contributed by atoms with Crippen LogP contribution in [0.2, 0.25) is 0 Å². The number of aromatic nitrogens is 2. The number of hydrogen-bond donors (Lipinski definition) is 4. The summed E-state index contributed by atoms with van der Waals surface area (Å²) in [6.45, 7) is 7.66. The third-order valence-corrected chi connectivity index (χ3v) is 6.89. The van der Waals surface area contributed by atoms with Crippen molar-refractivity contribution in [3.05, 3.63) is 53.6 Å². The van der Waals surface area contributed by atoms with E-state index >= 15 is 0 Å². The lowest BCUT2D eigenvalue weighted by Gasteiger charge is -2.30. The number of aryl methyl sites for hydroxylation is 1. The first-order chi connectivity index (χ1) is 18.0. The minimum atomic E-state index is -1.71. The van der Waals surface area contributed by atoms with Crippen molar-refractivity contribution in [2.24, 2.45) is 0 Å². The van der Waals surface area contributed by atoms with E-state index < -0.39 is 28.7 Å². The Kier molecular flexibility index (Phi) is 10.2. The van der Waals surface area contributed by atoms with Crippen LogP contribution in [-0.4, -0.2) is 56.4 Å². The van der Waals surface area contributed by atoms with Crippen molar-refractivity contribution in [3.8, 4) is 0 Å². The van der Waals surface area contributed by atoms with Gasteiger partial charge in [-0.15, -0.1) is 0 Å². The molecule has 1 fully saturated rings. The molecule has 1 atom stereocenters. The lowest BCUT2D eigenvalue weighted by atomic mass is 9.91. The molecule has 38 heavy (non-hydrogen) atoms. The van der Waals surface area contributed by atoms with Crippen LogP contribution < -0.4 is 20.7 Å². The molecule has 1 aliphatic carbocycles. The lowest BCUT2D eigenvalue weighted by molar-refractivity contribution is 0.0489. The van der Waals surface area contributed by atoms with Gasteiger partial charge in [0, 0.05) is 24.8 Å². The van der Waals surface area contributed by atoms with Crippen LogP contribution in [0.4, 0.5) is 9.59 Å². The molecule has 1 heterocycles. The maximum absolute atomic E-state index is 12.6. The first kappa shape index (κ1) is 29.0. The number of nitrogens with zero attached hydrogens (tertiary/aromatic N) is 2. The standard InChI is InChI=1S/C26H36N6O5S/c1-17-15-29-22(16-28-17)23(33)27-14-13-18-5-11-21(12-6-18)38(36)32-24(34)30-19-7-9-20(10-8-19)31-25(35)37-26(2,3)4/h5-6,11-12,15-16,19-20H,7-10,13-14H2,1-4H3,(H,27,33)(H,31,35)(H2,30,32,34). The normalized spacial score (nSPS) is 18.1. The summed E-state index contributed by atoms with van der Waals surface area (Å²) in [5, 5.41) is 8.53. The molecule has 1 aliphatic rings. The van der Waals surface area contributed by atoms with Gasteiger partial charge in [-0.05, 0) is 77.5 Å². The van der Waals surface area contributed by atoms with E-state index in [2.05, 4.69) is 30.6 Å². The molecule has 3 rings (SSSR count). The molecule has 0 aliphatic heterocycles. The Labute approximate surface area is 225 Å². The van der Waals surface area contributed by atoms with Gasteiger partial charge in [-0.25, -0.2) is 18.8 Å². The number of urea groups is 1. The van der Waals surface area contributed by atoms with Gasteiger partial charge >= 0.3 is 12.1 Å². The molecule has 0 bridgehead atoms. The maximum atomic E-state index is 12.6. The highest BCUT2D eigenvalue weighted by Gasteiger charge is 2.26. The van der Waals surface area contributed by atoms with E-state index in [1.165, 1.54) is 6.20 Å². The molecule has 11 nitrogen and oxygen atoms in total. The highest BCUT2D eigenvalue weighted by atomic mass is 32.2. The highest BCUT2D eigenvalue weighted by molar-refractivity contribution is 7.83. The first-order valence-corrected chi connectivity index (χ1v) is 13.8.